The normalized spacial score (nSPS) is 19.0. The van der Waals surface area contributed by atoms with Crippen LogP contribution >= 0.6 is 0 Å². The molecule has 24 heavy (non-hydrogen) atoms. The Bertz CT molecular complexity index is 531. The summed E-state index contributed by atoms with van der Waals surface area (Å²) in [5, 5.41) is 2.98. The van der Waals surface area contributed by atoms with Crippen LogP contribution in [0.4, 0.5) is 0 Å². The van der Waals surface area contributed by atoms with E-state index in [1.165, 1.54) is 5.56 Å². The maximum atomic E-state index is 12.2. The number of benzene rings is 1. The number of likely N-dealkylation sites (N-methyl/N-ethyl adjacent to an activating group) is 1. The summed E-state index contributed by atoms with van der Waals surface area (Å²) >= 11 is 0. The number of hydrogen-bond donors (Lipinski definition) is 1. The summed E-state index contributed by atoms with van der Waals surface area (Å²) in [6, 6.07) is 7.95. The largest absolute Gasteiger partial charge is 0.374 e. The van der Waals surface area contributed by atoms with Gasteiger partial charge >= 0.3 is 0 Å². The Hall–Kier alpha value is -1.43. The summed E-state index contributed by atoms with van der Waals surface area (Å²) in [5.74, 6) is 0.470. The van der Waals surface area contributed by atoms with Crippen LogP contribution in [0.2, 0.25) is 0 Å². The van der Waals surface area contributed by atoms with Crippen LogP contribution in [0.15, 0.2) is 24.3 Å². The highest BCUT2D eigenvalue weighted by Gasteiger charge is 2.21. The van der Waals surface area contributed by atoms with Crippen molar-refractivity contribution in [1.82, 2.24) is 15.1 Å². The van der Waals surface area contributed by atoms with Gasteiger partial charge < -0.3 is 15.0 Å². The van der Waals surface area contributed by atoms with Crippen LogP contribution in [-0.2, 0) is 11.3 Å². The summed E-state index contributed by atoms with van der Waals surface area (Å²) in [6.45, 7) is 9.34. The van der Waals surface area contributed by atoms with Gasteiger partial charge in [-0.2, -0.15) is 0 Å². The van der Waals surface area contributed by atoms with E-state index < -0.39 is 0 Å². The number of ether oxygens (including phenoxy) is 1. The van der Waals surface area contributed by atoms with E-state index in [0.717, 1.165) is 38.3 Å². The van der Waals surface area contributed by atoms with Gasteiger partial charge in [0.25, 0.3) is 5.91 Å². The Kier molecular flexibility index (Phi) is 7.21. The van der Waals surface area contributed by atoms with Crippen LogP contribution in [0.3, 0.4) is 0 Å². The van der Waals surface area contributed by atoms with Gasteiger partial charge in [0.1, 0.15) is 0 Å². The summed E-state index contributed by atoms with van der Waals surface area (Å²) in [7, 11) is 4.14. The van der Waals surface area contributed by atoms with E-state index in [4.69, 9.17) is 4.74 Å². The predicted molar refractivity (Wildman–Crippen MR) is 97.2 cm³/mol. The molecule has 5 nitrogen and oxygen atoms in total. The fourth-order valence-electron chi connectivity index (χ4n) is 2.91. The lowest BCUT2D eigenvalue weighted by Gasteiger charge is -2.34. The second kappa shape index (κ2) is 9.16. The van der Waals surface area contributed by atoms with Crippen molar-refractivity contribution in [1.29, 1.82) is 0 Å². The molecule has 1 saturated heterocycles. The van der Waals surface area contributed by atoms with Crippen molar-refractivity contribution < 1.29 is 9.53 Å². The number of carbonyl (C=O) groups is 1. The van der Waals surface area contributed by atoms with Crippen LogP contribution in [0, 0.1) is 5.92 Å². The van der Waals surface area contributed by atoms with Crippen LogP contribution in [0.25, 0.3) is 0 Å². The predicted octanol–water partition coefficient (Wildman–Crippen LogP) is 1.83. The molecule has 1 fully saturated rings. The minimum Gasteiger partial charge on any atom is -0.374 e. The first-order chi connectivity index (χ1) is 11.4. The highest BCUT2D eigenvalue weighted by molar-refractivity contribution is 5.94. The Balaban J connectivity index is 1.92. The zero-order valence-electron chi connectivity index (χ0n) is 15.4. The van der Waals surface area contributed by atoms with Gasteiger partial charge in [0.2, 0.25) is 0 Å². The van der Waals surface area contributed by atoms with Gasteiger partial charge in [-0.3, -0.25) is 9.69 Å². The van der Waals surface area contributed by atoms with Gasteiger partial charge in [0.15, 0.2) is 0 Å². The fraction of sp³-hybridized carbons (Fsp3) is 0.632. The molecule has 2 rings (SSSR count). The fourth-order valence-corrected chi connectivity index (χ4v) is 2.91. The number of nitrogens with one attached hydrogen (secondary N) is 1. The Morgan fingerprint density at radius 2 is 2.21 bits per heavy atom. The zero-order chi connectivity index (χ0) is 17.5. The smallest absolute Gasteiger partial charge is 0.251 e. The van der Waals surface area contributed by atoms with E-state index in [1.807, 2.05) is 18.2 Å². The van der Waals surface area contributed by atoms with E-state index in [1.54, 1.807) is 0 Å². The molecular weight excluding hydrogens is 302 g/mol. The zero-order valence-corrected chi connectivity index (χ0v) is 15.4. The third kappa shape index (κ3) is 6.23. The molecule has 0 aromatic heterocycles. The highest BCUT2D eigenvalue weighted by atomic mass is 16.5. The van der Waals surface area contributed by atoms with Gasteiger partial charge in [0.05, 0.1) is 12.7 Å². The van der Waals surface area contributed by atoms with Crippen molar-refractivity contribution in [3.05, 3.63) is 35.4 Å². The number of hydrogen-bond acceptors (Lipinski definition) is 4. The average molecular weight is 333 g/mol. The molecule has 1 unspecified atom stereocenters. The number of rotatable bonds is 7. The molecule has 1 heterocycles. The molecule has 0 aliphatic carbocycles. The van der Waals surface area contributed by atoms with E-state index in [0.29, 0.717) is 12.5 Å². The van der Waals surface area contributed by atoms with Crippen LogP contribution in [0.1, 0.15) is 29.8 Å². The summed E-state index contributed by atoms with van der Waals surface area (Å²) in [4.78, 5) is 16.8. The van der Waals surface area contributed by atoms with Crippen LogP contribution in [0.5, 0.6) is 0 Å². The molecule has 1 atom stereocenters. The summed E-state index contributed by atoms with van der Waals surface area (Å²) in [6.07, 6.45) is 0.256. The molecule has 1 aromatic carbocycles. The van der Waals surface area contributed by atoms with Gasteiger partial charge in [-0.15, -0.1) is 0 Å². The maximum Gasteiger partial charge on any atom is 0.251 e. The van der Waals surface area contributed by atoms with Gasteiger partial charge in [0, 0.05) is 38.3 Å². The van der Waals surface area contributed by atoms with E-state index in [9.17, 15) is 4.79 Å². The minimum atomic E-state index is 0.0120. The average Bonchev–Trinajstić information content (AvgIpc) is 2.52. The lowest BCUT2D eigenvalue weighted by molar-refractivity contribution is -0.0406. The Labute approximate surface area is 146 Å². The number of carbonyl (C=O) groups excluding carboxylic acids is 1. The number of nitrogens with zero attached hydrogens (tertiary/aromatic N) is 2. The summed E-state index contributed by atoms with van der Waals surface area (Å²) < 4.78 is 5.83. The topological polar surface area (TPSA) is 44.8 Å². The lowest BCUT2D eigenvalue weighted by Crippen LogP contribution is -2.45. The van der Waals surface area contributed by atoms with Gasteiger partial charge in [-0.25, -0.2) is 0 Å². The summed E-state index contributed by atoms with van der Waals surface area (Å²) in [5.41, 5.74) is 1.92. The first-order valence-corrected chi connectivity index (χ1v) is 8.80. The molecule has 0 saturated carbocycles. The second-order valence-corrected chi connectivity index (χ2v) is 7.29. The molecule has 1 amide bonds. The van der Waals surface area contributed by atoms with E-state index >= 15 is 0 Å². The molecule has 1 aliphatic rings. The molecule has 5 heteroatoms. The molecular formula is C19H31N3O2. The Morgan fingerprint density at radius 1 is 1.42 bits per heavy atom. The third-order valence-electron chi connectivity index (χ3n) is 4.06. The molecule has 0 bridgehead atoms. The van der Waals surface area contributed by atoms with E-state index in [2.05, 4.69) is 49.1 Å². The molecule has 1 N–H and O–H groups in total. The number of amides is 1. The standard InChI is InChI=1S/C19H31N3O2/c1-15(2)11-20-19(23)17-7-5-6-16(10-17)12-22-8-9-24-18(14-22)13-21(3)4/h5-7,10,15,18H,8-9,11-14H2,1-4H3,(H,20,23). The molecule has 134 valence electrons. The third-order valence-corrected chi connectivity index (χ3v) is 4.06. The van der Waals surface area contributed by atoms with Crippen molar-refractivity contribution in [2.24, 2.45) is 5.92 Å². The second-order valence-electron chi connectivity index (χ2n) is 7.29. The van der Waals surface area contributed by atoms with Gasteiger partial charge in [-0.05, 0) is 37.7 Å². The monoisotopic (exact) mass is 333 g/mol. The van der Waals surface area contributed by atoms with Gasteiger partial charge in [-0.1, -0.05) is 26.0 Å². The quantitative estimate of drug-likeness (QED) is 0.827. The molecule has 1 aliphatic heterocycles. The SMILES string of the molecule is CC(C)CNC(=O)c1cccc(CN2CCOC(CN(C)C)C2)c1. The van der Waals surface area contributed by atoms with Crippen molar-refractivity contribution in [3.63, 3.8) is 0 Å². The first-order valence-electron chi connectivity index (χ1n) is 8.80. The Morgan fingerprint density at radius 3 is 2.92 bits per heavy atom. The van der Waals surface area contributed by atoms with Crippen molar-refractivity contribution in [2.75, 3.05) is 46.9 Å². The minimum absolute atomic E-state index is 0.0120. The first kappa shape index (κ1) is 18.9. The lowest BCUT2D eigenvalue weighted by atomic mass is 10.1. The molecule has 1 aromatic rings. The van der Waals surface area contributed by atoms with Crippen molar-refractivity contribution in [2.45, 2.75) is 26.5 Å². The van der Waals surface area contributed by atoms with Crippen LogP contribution in [-0.4, -0.2) is 68.7 Å². The molecule has 0 spiro atoms. The maximum absolute atomic E-state index is 12.2. The number of morpholine rings is 1. The van der Waals surface area contributed by atoms with Crippen LogP contribution < -0.4 is 5.32 Å². The van der Waals surface area contributed by atoms with Crippen molar-refractivity contribution in [3.8, 4) is 0 Å². The molecule has 0 radical (unpaired) electrons. The highest BCUT2D eigenvalue weighted by Crippen LogP contribution is 2.13. The van der Waals surface area contributed by atoms with Crippen molar-refractivity contribution >= 4 is 5.91 Å². The van der Waals surface area contributed by atoms with E-state index in [-0.39, 0.29) is 12.0 Å².